The first-order valence-corrected chi connectivity index (χ1v) is 4.46. The molecule has 10 heavy (non-hydrogen) atoms. The molecule has 0 aromatic carbocycles. The van der Waals surface area contributed by atoms with E-state index in [4.69, 9.17) is 23.2 Å². The lowest BCUT2D eigenvalue weighted by Crippen LogP contribution is -2.45. The lowest BCUT2D eigenvalue weighted by molar-refractivity contribution is 0.147. The molecule has 0 unspecified atom stereocenters. The molecule has 2 rings (SSSR count). The van der Waals surface area contributed by atoms with E-state index < -0.39 is 4.33 Å². The summed E-state index contributed by atoms with van der Waals surface area (Å²) in [5.74, 6) is 0. The second-order valence-corrected chi connectivity index (χ2v) is 5.28. The summed E-state index contributed by atoms with van der Waals surface area (Å²) in [5, 5.41) is 3.34. The van der Waals surface area contributed by atoms with Crippen LogP contribution in [0.3, 0.4) is 0 Å². The predicted octanol–water partition coefficient (Wildman–Crippen LogP) is 1.93. The van der Waals surface area contributed by atoms with Crippen LogP contribution in [0.5, 0.6) is 0 Å². The maximum Gasteiger partial charge on any atom is 0.119 e. The molecule has 1 saturated carbocycles. The van der Waals surface area contributed by atoms with Gasteiger partial charge in [0.05, 0.1) is 0 Å². The maximum absolute atomic E-state index is 5.91. The first-order valence-electron chi connectivity index (χ1n) is 3.71. The highest BCUT2D eigenvalue weighted by Crippen LogP contribution is 2.57. The van der Waals surface area contributed by atoms with E-state index in [0.717, 1.165) is 25.9 Å². The Bertz CT molecular complexity index is 140. The molecule has 0 radical (unpaired) electrons. The van der Waals surface area contributed by atoms with Crippen LogP contribution >= 0.6 is 23.2 Å². The van der Waals surface area contributed by atoms with Gasteiger partial charge in [0, 0.05) is 6.54 Å². The quantitative estimate of drug-likeness (QED) is 0.561. The second kappa shape index (κ2) is 2.02. The summed E-state index contributed by atoms with van der Waals surface area (Å²) in [6, 6.07) is 0. The largest absolute Gasteiger partial charge is 0.316 e. The molecule has 3 heteroatoms. The summed E-state index contributed by atoms with van der Waals surface area (Å²) in [6.45, 7) is 2.26. The van der Waals surface area contributed by atoms with Gasteiger partial charge in [0.2, 0.25) is 0 Å². The van der Waals surface area contributed by atoms with Crippen LogP contribution in [0.2, 0.25) is 0 Å². The van der Waals surface area contributed by atoms with Gasteiger partial charge in [-0.15, -0.1) is 23.2 Å². The lowest BCUT2D eigenvalue weighted by atomic mass is 9.67. The number of alkyl halides is 2. The zero-order valence-corrected chi connectivity index (χ0v) is 7.30. The normalized spacial score (nSPS) is 34.2. The third-order valence-electron chi connectivity index (χ3n) is 2.60. The van der Waals surface area contributed by atoms with E-state index in [-0.39, 0.29) is 0 Å². The van der Waals surface area contributed by atoms with Gasteiger partial charge in [0.1, 0.15) is 4.33 Å². The molecular weight excluding hydrogens is 169 g/mol. The van der Waals surface area contributed by atoms with Gasteiger partial charge >= 0.3 is 0 Å². The molecule has 2 aliphatic rings. The fraction of sp³-hybridized carbons (Fsp3) is 1.00. The summed E-state index contributed by atoms with van der Waals surface area (Å²) >= 11 is 11.8. The molecular formula is C7H11Cl2N. The number of hydrogen-bond donors (Lipinski definition) is 1. The minimum absolute atomic E-state index is 0.397. The summed E-state index contributed by atoms with van der Waals surface area (Å²) in [4.78, 5) is 0. The highest BCUT2D eigenvalue weighted by molar-refractivity contribution is 6.49. The van der Waals surface area contributed by atoms with Crippen molar-refractivity contribution in [2.45, 2.75) is 23.6 Å². The van der Waals surface area contributed by atoms with Crippen LogP contribution in [0.1, 0.15) is 19.3 Å². The molecule has 1 aliphatic heterocycles. The maximum atomic E-state index is 5.91. The fourth-order valence-electron chi connectivity index (χ4n) is 2.14. The van der Waals surface area contributed by atoms with Crippen molar-refractivity contribution in [3.8, 4) is 0 Å². The van der Waals surface area contributed by atoms with Crippen LogP contribution < -0.4 is 5.32 Å². The average molecular weight is 180 g/mol. The van der Waals surface area contributed by atoms with E-state index in [1.807, 2.05) is 0 Å². The van der Waals surface area contributed by atoms with Crippen LogP contribution in [0.25, 0.3) is 0 Å². The van der Waals surface area contributed by atoms with Gasteiger partial charge < -0.3 is 5.32 Å². The highest BCUT2D eigenvalue weighted by atomic mass is 35.5. The molecule has 1 saturated heterocycles. The van der Waals surface area contributed by atoms with Crippen molar-refractivity contribution in [3.05, 3.63) is 0 Å². The third kappa shape index (κ3) is 1.05. The van der Waals surface area contributed by atoms with Crippen molar-refractivity contribution in [1.82, 2.24) is 5.32 Å². The van der Waals surface area contributed by atoms with Gasteiger partial charge in [0.15, 0.2) is 0 Å². The van der Waals surface area contributed by atoms with Crippen LogP contribution in [-0.4, -0.2) is 17.4 Å². The van der Waals surface area contributed by atoms with Crippen LogP contribution in [0.4, 0.5) is 0 Å². The SMILES string of the molecule is ClC1(Cl)CC2(CCNC2)C1. The van der Waals surface area contributed by atoms with Gasteiger partial charge in [0.25, 0.3) is 0 Å². The zero-order chi connectivity index (χ0) is 7.24. The molecule has 2 fully saturated rings. The van der Waals surface area contributed by atoms with Gasteiger partial charge in [-0.1, -0.05) is 0 Å². The van der Waals surface area contributed by atoms with E-state index in [9.17, 15) is 0 Å². The van der Waals surface area contributed by atoms with E-state index in [1.165, 1.54) is 6.42 Å². The Morgan fingerprint density at radius 2 is 1.90 bits per heavy atom. The monoisotopic (exact) mass is 179 g/mol. The first-order chi connectivity index (χ1) is 4.62. The Labute approximate surface area is 71.1 Å². The van der Waals surface area contributed by atoms with Crippen molar-refractivity contribution < 1.29 is 0 Å². The number of nitrogens with one attached hydrogen (secondary N) is 1. The molecule has 0 atom stereocenters. The Morgan fingerprint density at radius 3 is 2.30 bits per heavy atom. The van der Waals surface area contributed by atoms with E-state index in [2.05, 4.69) is 5.32 Å². The molecule has 1 aliphatic carbocycles. The Morgan fingerprint density at radius 1 is 1.20 bits per heavy atom. The van der Waals surface area contributed by atoms with Gasteiger partial charge in [-0.3, -0.25) is 0 Å². The van der Waals surface area contributed by atoms with Crippen LogP contribution in [0, 0.1) is 5.41 Å². The Hall–Kier alpha value is 0.540. The zero-order valence-electron chi connectivity index (χ0n) is 5.79. The molecule has 1 spiro atoms. The highest BCUT2D eigenvalue weighted by Gasteiger charge is 2.53. The third-order valence-corrected chi connectivity index (χ3v) is 3.13. The second-order valence-electron chi connectivity index (χ2n) is 3.64. The van der Waals surface area contributed by atoms with Gasteiger partial charge in [-0.05, 0) is 31.2 Å². The van der Waals surface area contributed by atoms with Crippen molar-refractivity contribution in [2.75, 3.05) is 13.1 Å². The van der Waals surface area contributed by atoms with Gasteiger partial charge in [-0.25, -0.2) is 0 Å². The lowest BCUT2D eigenvalue weighted by Gasteiger charge is -2.47. The topological polar surface area (TPSA) is 12.0 Å². The number of rotatable bonds is 0. The van der Waals surface area contributed by atoms with Gasteiger partial charge in [-0.2, -0.15) is 0 Å². The summed E-state index contributed by atoms with van der Waals surface area (Å²) < 4.78 is -0.397. The standard InChI is InChI=1S/C7H11Cl2N/c8-7(9)3-6(4-7)1-2-10-5-6/h10H,1-5H2. The van der Waals surface area contributed by atoms with Crippen molar-refractivity contribution >= 4 is 23.2 Å². The molecule has 58 valence electrons. The molecule has 0 bridgehead atoms. The molecule has 0 aromatic rings. The molecule has 1 N–H and O–H groups in total. The van der Waals surface area contributed by atoms with Crippen LogP contribution in [0.15, 0.2) is 0 Å². The minimum Gasteiger partial charge on any atom is -0.316 e. The number of halogens is 2. The smallest absolute Gasteiger partial charge is 0.119 e. The molecule has 1 nitrogen and oxygen atoms in total. The first kappa shape index (κ1) is 7.20. The molecule has 0 aromatic heterocycles. The minimum atomic E-state index is -0.397. The Kier molecular flexibility index (Phi) is 1.46. The van der Waals surface area contributed by atoms with E-state index in [1.54, 1.807) is 0 Å². The summed E-state index contributed by atoms with van der Waals surface area (Å²) in [6.07, 6.45) is 3.22. The van der Waals surface area contributed by atoms with E-state index >= 15 is 0 Å². The average Bonchev–Trinajstić information content (AvgIpc) is 2.10. The van der Waals surface area contributed by atoms with Crippen molar-refractivity contribution in [1.29, 1.82) is 0 Å². The predicted molar refractivity (Wildman–Crippen MR) is 43.6 cm³/mol. The van der Waals surface area contributed by atoms with Crippen molar-refractivity contribution in [2.24, 2.45) is 5.41 Å². The molecule has 1 heterocycles. The van der Waals surface area contributed by atoms with Crippen LogP contribution in [-0.2, 0) is 0 Å². The fourth-order valence-corrected chi connectivity index (χ4v) is 3.28. The van der Waals surface area contributed by atoms with Crippen molar-refractivity contribution in [3.63, 3.8) is 0 Å². The Balaban J connectivity index is 1.98. The number of hydrogen-bond acceptors (Lipinski definition) is 1. The summed E-state index contributed by atoms with van der Waals surface area (Å²) in [7, 11) is 0. The summed E-state index contributed by atoms with van der Waals surface area (Å²) in [5.41, 5.74) is 0.476. The van der Waals surface area contributed by atoms with E-state index in [0.29, 0.717) is 5.41 Å². The molecule has 0 amide bonds.